The molecule has 0 bridgehead atoms. The van der Waals surface area contributed by atoms with Crippen LogP contribution in [0, 0.1) is 11.3 Å². The molecule has 1 heterocycles. The third-order valence-corrected chi connectivity index (χ3v) is 0.982. The van der Waals surface area contributed by atoms with Gasteiger partial charge in [0.05, 0.1) is 18.6 Å². The molecule has 4 nitrogen and oxygen atoms in total. The van der Waals surface area contributed by atoms with E-state index in [0.29, 0.717) is 5.69 Å². The SMILES string of the molecule is N#Cc1nc[nH]c1CO. The number of aromatic amines is 1. The molecule has 0 fully saturated rings. The summed E-state index contributed by atoms with van der Waals surface area (Å²) in [5.41, 5.74) is 0.731. The molecule has 0 saturated heterocycles. The summed E-state index contributed by atoms with van der Waals surface area (Å²) >= 11 is 0. The lowest BCUT2D eigenvalue weighted by molar-refractivity contribution is 0.277. The van der Waals surface area contributed by atoms with E-state index in [1.165, 1.54) is 6.33 Å². The van der Waals surface area contributed by atoms with E-state index < -0.39 is 0 Å². The molecule has 46 valence electrons. The summed E-state index contributed by atoms with van der Waals surface area (Å²) in [6, 6.07) is 1.82. The minimum absolute atomic E-state index is 0.164. The average molecular weight is 123 g/mol. The fourth-order valence-corrected chi connectivity index (χ4v) is 0.538. The maximum absolute atomic E-state index is 8.52. The molecule has 0 aliphatic heterocycles. The molecular weight excluding hydrogens is 118 g/mol. The molecule has 0 radical (unpaired) electrons. The van der Waals surface area contributed by atoms with E-state index in [-0.39, 0.29) is 12.3 Å². The highest BCUT2D eigenvalue weighted by atomic mass is 16.3. The molecule has 0 amide bonds. The second kappa shape index (κ2) is 2.29. The number of rotatable bonds is 1. The van der Waals surface area contributed by atoms with Crippen LogP contribution in [0.3, 0.4) is 0 Å². The Bertz CT molecular complexity index is 235. The Balaban J connectivity index is 3.02. The Morgan fingerprint density at radius 3 is 3.11 bits per heavy atom. The van der Waals surface area contributed by atoms with E-state index in [1.54, 1.807) is 0 Å². The molecule has 0 aliphatic rings. The zero-order valence-electron chi connectivity index (χ0n) is 4.63. The number of imidazole rings is 1. The number of aliphatic hydroxyl groups excluding tert-OH is 1. The molecule has 1 rings (SSSR count). The Labute approximate surface area is 51.8 Å². The van der Waals surface area contributed by atoms with Gasteiger partial charge in [-0.05, 0) is 0 Å². The lowest BCUT2D eigenvalue weighted by Crippen LogP contribution is -1.85. The Kier molecular flexibility index (Phi) is 1.47. The van der Waals surface area contributed by atoms with Crippen LogP contribution >= 0.6 is 0 Å². The second-order valence-corrected chi connectivity index (χ2v) is 1.50. The van der Waals surface area contributed by atoms with Crippen LogP contribution in [0.1, 0.15) is 11.4 Å². The number of aromatic nitrogens is 2. The minimum atomic E-state index is -0.164. The molecule has 0 aromatic carbocycles. The predicted molar refractivity (Wildman–Crippen MR) is 29.2 cm³/mol. The number of H-pyrrole nitrogens is 1. The normalized spacial score (nSPS) is 8.89. The number of hydrogen-bond donors (Lipinski definition) is 2. The molecule has 9 heavy (non-hydrogen) atoms. The van der Waals surface area contributed by atoms with Gasteiger partial charge in [-0.15, -0.1) is 0 Å². The van der Waals surface area contributed by atoms with E-state index in [4.69, 9.17) is 10.4 Å². The molecule has 0 atom stereocenters. The van der Waals surface area contributed by atoms with Gasteiger partial charge >= 0.3 is 0 Å². The van der Waals surface area contributed by atoms with E-state index in [0.717, 1.165) is 0 Å². The smallest absolute Gasteiger partial charge is 0.163 e. The van der Waals surface area contributed by atoms with Gasteiger partial charge in [0, 0.05) is 0 Å². The van der Waals surface area contributed by atoms with Crippen LogP contribution in [-0.2, 0) is 6.61 Å². The molecule has 0 saturated carbocycles. The Morgan fingerprint density at radius 2 is 2.67 bits per heavy atom. The van der Waals surface area contributed by atoms with Crippen LogP contribution < -0.4 is 0 Å². The summed E-state index contributed by atoms with van der Waals surface area (Å²) < 4.78 is 0. The molecule has 4 heteroatoms. The number of hydrogen-bond acceptors (Lipinski definition) is 3. The molecule has 1 aromatic heterocycles. The van der Waals surface area contributed by atoms with Gasteiger partial charge in [-0.3, -0.25) is 0 Å². The van der Waals surface area contributed by atoms with Gasteiger partial charge in [-0.2, -0.15) is 5.26 Å². The van der Waals surface area contributed by atoms with Crippen LogP contribution in [0.2, 0.25) is 0 Å². The molecule has 1 aromatic rings. The van der Waals surface area contributed by atoms with Crippen LogP contribution in [0.15, 0.2) is 6.33 Å². The lowest BCUT2D eigenvalue weighted by Gasteiger charge is -1.84. The highest BCUT2D eigenvalue weighted by Gasteiger charge is 1.99. The summed E-state index contributed by atoms with van der Waals surface area (Å²) in [5.74, 6) is 0. The minimum Gasteiger partial charge on any atom is -0.390 e. The van der Waals surface area contributed by atoms with Crippen molar-refractivity contribution in [2.75, 3.05) is 0 Å². The summed E-state index contributed by atoms with van der Waals surface area (Å²) in [4.78, 5) is 6.25. The van der Waals surface area contributed by atoms with Crippen molar-refractivity contribution in [2.45, 2.75) is 6.61 Å². The molecule has 0 aliphatic carbocycles. The molecular formula is C5H5N3O. The zero-order chi connectivity index (χ0) is 6.69. The van der Waals surface area contributed by atoms with Gasteiger partial charge in [-0.1, -0.05) is 0 Å². The standard InChI is InChI=1S/C5H5N3O/c6-1-4-5(2-9)8-3-7-4/h3,9H,2H2,(H,7,8). The van der Waals surface area contributed by atoms with Crippen molar-refractivity contribution < 1.29 is 5.11 Å². The van der Waals surface area contributed by atoms with Gasteiger partial charge in [0.1, 0.15) is 6.07 Å². The predicted octanol–water partition coefficient (Wildman–Crippen LogP) is -0.226. The van der Waals surface area contributed by atoms with Gasteiger partial charge in [0.25, 0.3) is 0 Å². The Morgan fingerprint density at radius 1 is 1.89 bits per heavy atom. The summed E-state index contributed by atoms with van der Waals surface area (Å²) in [6.45, 7) is -0.164. The van der Waals surface area contributed by atoms with Crippen LogP contribution in [0.5, 0.6) is 0 Å². The van der Waals surface area contributed by atoms with Crippen molar-refractivity contribution in [3.05, 3.63) is 17.7 Å². The fraction of sp³-hybridized carbons (Fsp3) is 0.200. The van der Waals surface area contributed by atoms with E-state index in [9.17, 15) is 0 Å². The molecule has 2 N–H and O–H groups in total. The van der Waals surface area contributed by atoms with Gasteiger partial charge in [-0.25, -0.2) is 4.98 Å². The average Bonchev–Trinajstić information content (AvgIpc) is 2.33. The summed E-state index contributed by atoms with van der Waals surface area (Å²) in [6.07, 6.45) is 1.38. The molecule has 0 unspecified atom stereocenters. The first-order valence-corrected chi connectivity index (χ1v) is 2.41. The number of aliphatic hydroxyl groups is 1. The highest BCUT2D eigenvalue weighted by Crippen LogP contribution is 1.98. The quantitative estimate of drug-likeness (QED) is 0.542. The van der Waals surface area contributed by atoms with Gasteiger partial charge < -0.3 is 10.1 Å². The fourth-order valence-electron chi connectivity index (χ4n) is 0.538. The maximum atomic E-state index is 8.52. The molecule has 0 spiro atoms. The van der Waals surface area contributed by atoms with Crippen molar-refractivity contribution in [3.63, 3.8) is 0 Å². The first-order chi connectivity index (χ1) is 4.38. The van der Waals surface area contributed by atoms with Gasteiger partial charge in [0.15, 0.2) is 5.69 Å². The van der Waals surface area contributed by atoms with E-state index >= 15 is 0 Å². The highest BCUT2D eigenvalue weighted by molar-refractivity contribution is 5.24. The Hall–Kier alpha value is -1.34. The van der Waals surface area contributed by atoms with E-state index in [1.807, 2.05) is 6.07 Å². The first-order valence-electron chi connectivity index (χ1n) is 2.41. The van der Waals surface area contributed by atoms with Crippen LogP contribution in [-0.4, -0.2) is 15.1 Å². The van der Waals surface area contributed by atoms with Crippen molar-refractivity contribution in [1.82, 2.24) is 9.97 Å². The third-order valence-electron chi connectivity index (χ3n) is 0.982. The number of nitrogens with zero attached hydrogens (tertiary/aromatic N) is 2. The van der Waals surface area contributed by atoms with Gasteiger partial charge in [0.2, 0.25) is 0 Å². The zero-order valence-corrected chi connectivity index (χ0v) is 4.63. The van der Waals surface area contributed by atoms with Crippen molar-refractivity contribution in [1.29, 1.82) is 5.26 Å². The number of nitriles is 1. The van der Waals surface area contributed by atoms with E-state index in [2.05, 4.69) is 9.97 Å². The second-order valence-electron chi connectivity index (χ2n) is 1.50. The maximum Gasteiger partial charge on any atom is 0.163 e. The lowest BCUT2D eigenvalue weighted by atomic mass is 10.4. The first kappa shape index (κ1) is 5.79. The van der Waals surface area contributed by atoms with Crippen LogP contribution in [0.25, 0.3) is 0 Å². The largest absolute Gasteiger partial charge is 0.390 e. The topological polar surface area (TPSA) is 72.7 Å². The monoisotopic (exact) mass is 123 g/mol. The van der Waals surface area contributed by atoms with Crippen LogP contribution in [0.4, 0.5) is 0 Å². The summed E-state index contributed by atoms with van der Waals surface area (Å²) in [7, 11) is 0. The van der Waals surface area contributed by atoms with Crippen molar-refractivity contribution in [2.24, 2.45) is 0 Å². The van der Waals surface area contributed by atoms with Crippen molar-refractivity contribution >= 4 is 0 Å². The third kappa shape index (κ3) is 0.902. The number of nitrogens with one attached hydrogen (secondary N) is 1. The van der Waals surface area contributed by atoms with Crippen molar-refractivity contribution in [3.8, 4) is 6.07 Å². The summed E-state index contributed by atoms with van der Waals surface area (Å²) in [5, 5.41) is 16.8.